The lowest BCUT2D eigenvalue weighted by molar-refractivity contribution is -0.108. The first-order valence-corrected chi connectivity index (χ1v) is 8.53. The molecule has 0 atom stereocenters. The Labute approximate surface area is 132 Å². The van der Waals surface area contributed by atoms with Crippen LogP contribution in [0, 0.1) is 0 Å². The number of hydrogen-bond acceptors (Lipinski definition) is 4. The Morgan fingerprint density at radius 2 is 1.91 bits per heavy atom. The molecule has 1 saturated heterocycles. The first-order chi connectivity index (χ1) is 10.7. The number of ether oxygens (including phenoxy) is 1. The summed E-state index contributed by atoms with van der Waals surface area (Å²) in [5, 5.41) is 18.3. The highest BCUT2D eigenvalue weighted by atomic mass is 16.5. The summed E-state index contributed by atoms with van der Waals surface area (Å²) in [6, 6.07) is 8.67. The second-order valence-corrected chi connectivity index (χ2v) is 6.57. The third-order valence-corrected chi connectivity index (χ3v) is 4.80. The minimum absolute atomic E-state index is 0.133. The lowest BCUT2D eigenvalue weighted by atomic mass is 9.91. The Balaban J connectivity index is 1.48. The van der Waals surface area contributed by atoms with Gasteiger partial charge in [0.1, 0.15) is 0 Å². The maximum atomic E-state index is 9.32. The van der Waals surface area contributed by atoms with Gasteiger partial charge in [-0.05, 0) is 56.2 Å². The Morgan fingerprint density at radius 3 is 2.59 bits per heavy atom. The molecule has 0 bridgehead atoms. The molecule has 0 unspecified atom stereocenters. The summed E-state index contributed by atoms with van der Waals surface area (Å²) >= 11 is 0. The zero-order chi connectivity index (χ0) is 15.4. The first-order valence-electron chi connectivity index (χ1n) is 8.53. The smallest absolute Gasteiger partial charge is 0.0628 e. The highest BCUT2D eigenvalue weighted by molar-refractivity contribution is 5.49. The highest BCUT2D eigenvalue weighted by Gasteiger charge is 2.31. The van der Waals surface area contributed by atoms with Crippen LogP contribution >= 0.6 is 0 Å². The van der Waals surface area contributed by atoms with Crippen molar-refractivity contribution in [1.82, 2.24) is 0 Å². The number of rotatable bonds is 6. The molecule has 2 aliphatic rings. The van der Waals surface area contributed by atoms with Crippen molar-refractivity contribution in [2.24, 2.45) is 0 Å². The highest BCUT2D eigenvalue weighted by Crippen LogP contribution is 2.28. The van der Waals surface area contributed by atoms with Gasteiger partial charge in [0.2, 0.25) is 0 Å². The minimum atomic E-state index is -0.133. The zero-order valence-electron chi connectivity index (χ0n) is 13.2. The van der Waals surface area contributed by atoms with E-state index in [0.717, 1.165) is 51.6 Å². The predicted molar refractivity (Wildman–Crippen MR) is 87.2 cm³/mol. The quantitative estimate of drug-likeness (QED) is 0.845. The molecule has 0 spiro atoms. The number of benzene rings is 1. The van der Waals surface area contributed by atoms with E-state index in [1.807, 2.05) is 0 Å². The molecule has 4 nitrogen and oxygen atoms in total. The van der Waals surface area contributed by atoms with E-state index in [4.69, 9.17) is 9.84 Å². The van der Waals surface area contributed by atoms with E-state index < -0.39 is 0 Å². The van der Waals surface area contributed by atoms with Crippen molar-refractivity contribution in [3.05, 3.63) is 29.8 Å². The van der Waals surface area contributed by atoms with Crippen LogP contribution in [0.5, 0.6) is 0 Å². The Hall–Kier alpha value is -1.10. The third-order valence-electron chi connectivity index (χ3n) is 4.80. The maximum absolute atomic E-state index is 9.32. The van der Waals surface area contributed by atoms with E-state index in [0.29, 0.717) is 6.10 Å². The van der Waals surface area contributed by atoms with E-state index in [1.54, 1.807) is 0 Å². The Bertz CT molecular complexity index is 465. The summed E-state index contributed by atoms with van der Waals surface area (Å²) in [7, 11) is 0. The average Bonchev–Trinajstić information content (AvgIpc) is 2.52. The molecule has 2 N–H and O–H groups in total. The van der Waals surface area contributed by atoms with E-state index >= 15 is 0 Å². The zero-order valence-corrected chi connectivity index (χ0v) is 13.2. The number of nitrogens with zero attached hydrogens (tertiary/aromatic N) is 1. The summed E-state index contributed by atoms with van der Waals surface area (Å²) in [5.74, 6) is 0. The van der Waals surface area contributed by atoms with Crippen LogP contribution in [0.15, 0.2) is 24.3 Å². The topological polar surface area (TPSA) is 52.9 Å². The van der Waals surface area contributed by atoms with Gasteiger partial charge in [0, 0.05) is 25.4 Å². The van der Waals surface area contributed by atoms with Crippen molar-refractivity contribution in [3.63, 3.8) is 0 Å². The summed E-state index contributed by atoms with van der Waals surface area (Å²) in [4.78, 5) is 2.43. The van der Waals surface area contributed by atoms with Crippen LogP contribution in [0.1, 0.15) is 37.7 Å². The number of piperidine rings is 1. The number of aryl methyl sites for hydroxylation is 1. The average molecular weight is 305 g/mol. The molecule has 4 heteroatoms. The molecule has 3 rings (SSSR count). The molecular formula is C18H27NO3. The number of aliphatic hydroxyl groups is 2. The third kappa shape index (κ3) is 4.00. The molecule has 22 heavy (non-hydrogen) atoms. The van der Waals surface area contributed by atoms with Gasteiger partial charge >= 0.3 is 0 Å². The fraction of sp³-hybridized carbons (Fsp3) is 0.667. The van der Waals surface area contributed by atoms with Crippen molar-refractivity contribution >= 4 is 5.69 Å². The normalized spacial score (nSPS) is 26.0. The van der Waals surface area contributed by atoms with E-state index in [9.17, 15) is 5.11 Å². The molecule has 122 valence electrons. The molecule has 1 aliphatic carbocycles. The molecule has 1 aliphatic heterocycles. The second kappa shape index (κ2) is 7.44. The second-order valence-electron chi connectivity index (χ2n) is 6.57. The van der Waals surface area contributed by atoms with Gasteiger partial charge in [-0.3, -0.25) is 0 Å². The monoisotopic (exact) mass is 305 g/mol. The van der Waals surface area contributed by atoms with Gasteiger partial charge in [-0.25, -0.2) is 0 Å². The molecule has 1 aromatic carbocycles. The number of hydrogen-bond donors (Lipinski definition) is 2. The number of aliphatic hydroxyl groups excluding tert-OH is 2. The van der Waals surface area contributed by atoms with Crippen molar-refractivity contribution in [3.8, 4) is 0 Å². The molecule has 0 aromatic heterocycles. The number of anilines is 1. The van der Waals surface area contributed by atoms with Gasteiger partial charge in [0.25, 0.3) is 0 Å². The summed E-state index contributed by atoms with van der Waals surface area (Å²) in [5.41, 5.74) is 2.58. The van der Waals surface area contributed by atoms with Crippen LogP contribution in [-0.2, 0) is 11.2 Å². The van der Waals surface area contributed by atoms with Gasteiger partial charge in [-0.2, -0.15) is 0 Å². The van der Waals surface area contributed by atoms with Crippen LogP contribution in [0.2, 0.25) is 0 Å². The summed E-state index contributed by atoms with van der Waals surface area (Å²) in [6.45, 7) is 2.32. The standard InChI is InChI=1S/C18H27NO3/c20-10-2-4-14-3-1-5-15(11-14)19-8-6-17(7-9-19)22-18-12-16(21)13-18/h1,3,5,11,16-18,20-21H,2,4,6-10,12-13H2. The molecule has 1 saturated carbocycles. The van der Waals surface area contributed by atoms with Gasteiger partial charge in [0.05, 0.1) is 18.3 Å². The fourth-order valence-electron chi connectivity index (χ4n) is 3.36. The lowest BCUT2D eigenvalue weighted by Gasteiger charge is -2.39. The van der Waals surface area contributed by atoms with Crippen molar-refractivity contribution < 1.29 is 14.9 Å². The van der Waals surface area contributed by atoms with Crippen molar-refractivity contribution in [2.75, 3.05) is 24.6 Å². The first kappa shape index (κ1) is 15.8. The molecule has 0 amide bonds. The van der Waals surface area contributed by atoms with Crippen LogP contribution in [-0.4, -0.2) is 48.2 Å². The molecule has 2 fully saturated rings. The predicted octanol–water partition coefficient (Wildman–Crippen LogP) is 2.12. The molecule has 0 radical (unpaired) electrons. The molecular weight excluding hydrogens is 278 g/mol. The van der Waals surface area contributed by atoms with E-state index in [1.165, 1.54) is 11.3 Å². The SMILES string of the molecule is OCCCc1cccc(N2CCC(OC3CC(O)C3)CC2)c1. The van der Waals surface area contributed by atoms with Gasteiger partial charge in [-0.15, -0.1) is 0 Å². The largest absolute Gasteiger partial charge is 0.396 e. The van der Waals surface area contributed by atoms with Gasteiger partial charge in [0.15, 0.2) is 0 Å². The van der Waals surface area contributed by atoms with Gasteiger partial charge in [-0.1, -0.05) is 12.1 Å². The van der Waals surface area contributed by atoms with Crippen molar-refractivity contribution in [2.45, 2.75) is 56.8 Å². The Morgan fingerprint density at radius 1 is 1.14 bits per heavy atom. The van der Waals surface area contributed by atoms with Crippen LogP contribution < -0.4 is 4.90 Å². The van der Waals surface area contributed by atoms with E-state index in [-0.39, 0.29) is 18.8 Å². The van der Waals surface area contributed by atoms with Crippen LogP contribution in [0.25, 0.3) is 0 Å². The minimum Gasteiger partial charge on any atom is -0.396 e. The molecule has 1 heterocycles. The summed E-state index contributed by atoms with van der Waals surface area (Å²) < 4.78 is 6.04. The lowest BCUT2D eigenvalue weighted by Crippen LogP contribution is -2.42. The van der Waals surface area contributed by atoms with Gasteiger partial charge < -0.3 is 19.8 Å². The fourth-order valence-corrected chi connectivity index (χ4v) is 3.36. The molecule has 1 aromatic rings. The summed E-state index contributed by atoms with van der Waals surface area (Å²) in [6.07, 6.45) is 6.02. The Kier molecular flexibility index (Phi) is 5.34. The van der Waals surface area contributed by atoms with Crippen LogP contribution in [0.4, 0.5) is 5.69 Å². The van der Waals surface area contributed by atoms with Crippen molar-refractivity contribution in [1.29, 1.82) is 0 Å². The van der Waals surface area contributed by atoms with E-state index in [2.05, 4.69) is 29.2 Å². The maximum Gasteiger partial charge on any atom is 0.0628 e. The van der Waals surface area contributed by atoms with Crippen LogP contribution in [0.3, 0.4) is 0 Å².